The molecule has 1 N–H and O–H groups in total. The second-order valence-corrected chi connectivity index (χ2v) is 7.58. The molecule has 1 aliphatic carbocycles. The van der Waals surface area contributed by atoms with E-state index in [2.05, 4.69) is 5.32 Å². The number of nitrogens with one attached hydrogen (secondary N) is 1. The average molecular weight is 397 g/mol. The zero-order chi connectivity index (χ0) is 19.5. The van der Waals surface area contributed by atoms with E-state index in [1.165, 1.54) is 44.2 Å². The van der Waals surface area contributed by atoms with Gasteiger partial charge in [0.05, 0.1) is 23.9 Å². The maximum atomic E-state index is 11.9. The second kappa shape index (κ2) is 11.8. The van der Waals surface area contributed by atoms with E-state index >= 15 is 0 Å². The minimum absolute atomic E-state index is 0.0272. The van der Waals surface area contributed by atoms with Gasteiger partial charge in [0.15, 0.2) is 5.75 Å². The van der Waals surface area contributed by atoms with Crippen LogP contribution in [0.5, 0.6) is 5.75 Å². The van der Waals surface area contributed by atoms with Crippen LogP contribution in [0.1, 0.15) is 44.1 Å². The van der Waals surface area contributed by atoms with Gasteiger partial charge < -0.3 is 14.8 Å². The number of carbonyl (C=O) groups is 1. The first-order chi connectivity index (χ1) is 13.1. The van der Waals surface area contributed by atoms with E-state index in [0.717, 1.165) is 24.8 Å². The van der Waals surface area contributed by atoms with Crippen LogP contribution < -0.4 is 10.1 Å². The maximum absolute atomic E-state index is 11.9. The Morgan fingerprint density at radius 2 is 2.11 bits per heavy atom. The van der Waals surface area contributed by atoms with E-state index in [1.807, 2.05) is 0 Å². The van der Waals surface area contributed by atoms with Crippen molar-refractivity contribution in [1.29, 1.82) is 0 Å². The smallest absolute Gasteiger partial charge is 0.311 e. The van der Waals surface area contributed by atoms with Gasteiger partial charge in [-0.3, -0.25) is 14.9 Å². The first-order valence-electron chi connectivity index (χ1n) is 9.37. The lowest BCUT2D eigenvalue weighted by Crippen LogP contribution is -2.27. The second-order valence-electron chi connectivity index (χ2n) is 6.59. The van der Waals surface area contributed by atoms with Gasteiger partial charge in [0, 0.05) is 25.0 Å². The van der Waals surface area contributed by atoms with Crippen molar-refractivity contribution >= 4 is 23.4 Å². The van der Waals surface area contributed by atoms with Crippen molar-refractivity contribution in [2.24, 2.45) is 0 Å². The zero-order valence-electron chi connectivity index (χ0n) is 15.8. The normalized spacial score (nSPS) is 14.7. The van der Waals surface area contributed by atoms with E-state index < -0.39 is 4.92 Å². The Bertz CT molecular complexity index is 620. The number of ether oxygens (including phenoxy) is 2. The number of rotatable bonds is 11. The van der Waals surface area contributed by atoms with Gasteiger partial charge in [0.25, 0.3) is 0 Å². The number of benzene rings is 1. The summed E-state index contributed by atoms with van der Waals surface area (Å²) in [6.45, 7) is 1.30. The summed E-state index contributed by atoms with van der Waals surface area (Å²) < 4.78 is 10.8. The maximum Gasteiger partial charge on any atom is 0.311 e. The minimum Gasteiger partial charge on any atom is -0.490 e. The molecule has 0 unspecified atom stereocenters. The molecule has 1 fully saturated rings. The molecule has 0 bridgehead atoms. The van der Waals surface area contributed by atoms with Gasteiger partial charge in [0.1, 0.15) is 0 Å². The van der Waals surface area contributed by atoms with Crippen molar-refractivity contribution in [1.82, 2.24) is 5.32 Å². The van der Waals surface area contributed by atoms with Crippen molar-refractivity contribution in [2.75, 3.05) is 26.0 Å². The average Bonchev–Trinajstić information content (AvgIpc) is 2.68. The standard InChI is InChI=1S/C19H28N2O5S/c1-25-18-9-8-15(12-17(18)21(23)24)13-27-14-19(22)20-10-5-11-26-16-6-3-2-4-7-16/h8-9,12,16H,2-7,10-11,13-14H2,1H3,(H,20,22). The van der Waals surface area contributed by atoms with Crippen molar-refractivity contribution in [3.8, 4) is 5.75 Å². The first-order valence-corrected chi connectivity index (χ1v) is 10.5. The fraction of sp³-hybridized carbons (Fsp3) is 0.632. The lowest BCUT2D eigenvalue weighted by Gasteiger charge is -2.21. The molecule has 0 heterocycles. The van der Waals surface area contributed by atoms with Gasteiger partial charge in [-0.15, -0.1) is 11.8 Å². The van der Waals surface area contributed by atoms with Crippen LogP contribution in [-0.4, -0.2) is 42.9 Å². The zero-order valence-corrected chi connectivity index (χ0v) is 16.6. The third-order valence-electron chi connectivity index (χ3n) is 4.49. The van der Waals surface area contributed by atoms with E-state index in [-0.39, 0.29) is 17.3 Å². The largest absolute Gasteiger partial charge is 0.490 e. The molecule has 0 aromatic heterocycles. The van der Waals surface area contributed by atoms with Gasteiger partial charge in [-0.1, -0.05) is 25.3 Å². The Morgan fingerprint density at radius 1 is 1.33 bits per heavy atom. The van der Waals surface area contributed by atoms with E-state index in [9.17, 15) is 14.9 Å². The number of hydrogen-bond acceptors (Lipinski definition) is 6. The third kappa shape index (κ3) is 7.76. The quantitative estimate of drug-likeness (QED) is 0.348. The highest BCUT2D eigenvalue weighted by atomic mass is 32.2. The molecule has 0 aliphatic heterocycles. The Labute approximate surface area is 164 Å². The van der Waals surface area contributed by atoms with Crippen LogP contribution in [0, 0.1) is 10.1 Å². The van der Waals surface area contributed by atoms with Crippen molar-refractivity contribution in [2.45, 2.75) is 50.4 Å². The number of carbonyl (C=O) groups excluding carboxylic acids is 1. The molecule has 27 heavy (non-hydrogen) atoms. The minimum atomic E-state index is -0.463. The Morgan fingerprint density at radius 3 is 2.81 bits per heavy atom. The molecule has 1 aliphatic rings. The Kier molecular flexibility index (Phi) is 9.41. The van der Waals surface area contributed by atoms with Crippen molar-refractivity contribution in [3.05, 3.63) is 33.9 Å². The number of methoxy groups -OCH3 is 1. The molecule has 0 saturated heterocycles. The summed E-state index contributed by atoms with van der Waals surface area (Å²) in [7, 11) is 1.40. The topological polar surface area (TPSA) is 90.7 Å². The molecule has 1 saturated carbocycles. The van der Waals surface area contributed by atoms with Gasteiger partial charge in [-0.25, -0.2) is 0 Å². The first kappa shape index (κ1) is 21.5. The van der Waals surface area contributed by atoms with Crippen LogP contribution in [0.3, 0.4) is 0 Å². The fourth-order valence-electron chi connectivity index (χ4n) is 3.06. The lowest BCUT2D eigenvalue weighted by molar-refractivity contribution is -0.385. The van der Waals surface area contributed by atoms with Crippen LogP contribution in [-0.2, 0) is 15.3 Å². The highest BCUT2D eigenvalue weighted by Crippen LogP contribution is 2.29. The number of nitro benzene ring substituents is 1. The van der Waals surface area contributed by atoms with E-state index in [0.29, 0.717) is 30.8 Å². The summed E-state index contributed by atoms with van der Waals surface area (Å²) >= 11 is 1.43. The third-order valence-corrected chi connectivity index (χ3v) is 5.49. The van der Waals surface area contributed by atoms with Crippen LogP contribution in [0.25, 0.3) is 0 Å². The summed E-state index contributed by atoms with van der Waals surface area (Å²) in [6, 6.07) is 4.85. The number of nitrogens with zero attached hydrogens (tertiary/aromatic N) is 1. The molecule has 150 valence electrons. The summed E-state index contributed by atoms with van der Waals surface area (Å²) in [6.07, 6.45) is 7.37. The molecule has 1 amide bonds. The Hall–Kier alpha value is -1.80. The SMILES string of the molecule is COc1ccc(CSCC(=O)NCCCOC2CCCCC2)cc1[N+](=O)[O-]. The van der Waals surface area contributed by atoms with Crippen LogP contribution in [0.15, 0.2) is 18.2 Å². The van der Waals surface area contributed by atoms with E-state index in [1.54, 1.807) is 12.1 Å². The number of thioether (sulfide) groups is 1. The summed E-state index contributed by atoms with van der Waals surface area (Å²) in [5.74, 6) is 1.06. The highest BCUT2D eigenvalue weighted by Gasteiger charge is 2.15. The predicted molar refractivity (Wildman–Crippen MR) is 106 cm³/mol. The molecular formula is C19H28N2O5S. The van der Waals surface area contributed by atoms with E-state index in [4.69, 9.17) is 9.47 Å². The van der Waals surface area contributed by atoms with Crippen LogP contribution in [0.4, 0.5) is 5.69 Å². The molecule has 2 rings (SSSR count). The molecule has 1 aromatic rings. The molecule has 7 nitrogen and oxygen atoms in total. The molecule has 8 heteroatoms. The molecule has 0 spiro atoms. The van der Waals surface area contributed by atoms with Crippen molar-refractivity contribution < 1.29 is 19.2 Å². The summed E-state index contributed by atoms with van der Waals surface area (Å²) in [5, 5.41) is 13.9. The highest BCUT2D eigenvalue weighted by molar-refractivity contribution is 7.99. The lowest BCUT2D eigenvalue weighted by atomic mass is 9.98. The van der Waals surface area contributed by atoms with Crippen LogP contribution >= 0.6 is 11.8 Å². The fourth-order valence-corrected chi connectivity index (χ4v) is 3.87. The van der Waals surface area contributed by atoms with Gasteiger partial charge >= 0.3 is 5.69 Å². The van der Waals surface area contributed by atoms with Crippen molar-refractivity contribution in [3.63, 3.8) is 0 Å². The predicted octanol–water partition coefficient (Wildman–Crippen LogP) is 3.69. The summed E-state index contributed by atoms with van der Waals surface area (Å²) in [5.41, 5.74) is 0.735. The monoisotopic (exact) mass is 396 g/mol. The number of amides is 1. The van der Waals surface area contributed by atoms with Gasteiger partial charge in [-0.05, 0) is 30.9 Å². The Balaban J connectivity index is 1.59. The number of hydrogen-bond donors (Lipinski definition) is 1. The van der Waals surface area contributed by atoms with Gasteiger partial charge in [0.2, 0.25) is 5.91 Å². The van der Waals surface area contributed by atoms with Gasteiger partial charge in [-0.2, -0.15) is 0 Å². The molecule has 1 aromatic carbocycles. The number of nitro groups is 1. The van der Waals surface area contributed by atoms with Crippen LogP contribution in [0.2, 0.25) is 0 Å². The molecule has 0 atom stereocenters. The summed E-state index contributed by atoms with van der Waals surface area (Å²) in [4.78, 5) is 22.4. The molecule has 0 radical (unpaired) electrons. The molecular weight excluding hydrogens is 368 g/mol.